The highest BCUT2D eigenvalue weighted by Gasteiger charge is 2.13. The number of carbonyl (C=O) groups is 1. The molecule has 0 saturated heterocycles. The molecule has 0 aliphatic heterocycles. The molecule has 0 unspecified atom stereocenters. The van der Waals surface area contributed by atoms with Gasteiger partial charge >= 0.3 is 0 Å². The van der Waals surface area contributed by atoms with Crippen molar-refractivity contribution in [1.82, 2.24) is 4.98 Å². The van der Waals surface area contributed by atoms with Gasteiger partial charge in [0.15, 0.2) is 0 Å². The molecule has 0 saturated carbocycles. The van der Waals surface area contributed by atoms with Gasteiger partial charge in [-0.15, -0.1) is 0 Å². The zero-order valence-corrected chi connectivity index (χ0v) is 8.88. The average Bonchev–Trinajstić information content (AvgIpc) is 2.19. The quantitative estimate of drug-likeness (QED) is 0.782. The SMILES string of the molecule is O=C(Cl)c1cnc2c(Cl)cccc2c1O. The van der Waals surface area contributed by atoms with Crippen molar-refractivity contribution in [3.05, 3.63) is 35.0 Å². The number of hydrogen-bond donors (Lipinski definition) is 1. The number of rotatable bonds is 1. The molecular weight excluding hydrogens is 237 g/mol. The summed E-state index contributed by atoms with van der Waals surface area (Å²) < 4.78 is 0. The van der Waals surface area contributed by atoms with Crippen LogP contribution >= 0.6 is 23.2 Å². The fourth-order valence-electron chi connectivity index (χ4n) is 1.32. The first kappa shape index (κ1) is 10.2. The molecule has 0 bridgehead atoms. The summed E-state index contributed by atoms with van der Waals surface area (Å²) in [5.74, 6) is -0.192. The number of nitrogens with zero attached hydrogens (tertiary/aromatic N) is 1. The molecule has 1 heterocycles. The third-order valence-electron chi connectivity index (χ3n) is 2.03. The van der Waals surface area contributed by atoms with E-state index in [9.17, 15) is 9.90 Å². The van der Waals surface area contributed by atoms with E-state index in [-0.39, 0.29) is 11.3 Å². The van der Waals surface area contributed by atoms with Crippen LogP contribution in [0.5, 0.6) is 5.75 Å². The van der Waals surface area contributed by atoms with E-state index in [1.165, 1.54) is 6.20 Å². The fraction of sp³-hybridized carbons (Fsp3) is 0. The summed E-state index contributed by atoms with van der Waals surface area (Å²) in [6, 6.07) is 4.93. The molecule has 5 heteroatoms. The zero-order chi connectivity index (χ0) is 11.0. The number of pyridine rings is 1. The number of aromatic nitrogens is 1. The van der Waals surface area contributed by atoms with Crippen molar-refractivity contribution >= 4 is 39.3 Å². The summed E-state index contributed by atoms with van der Waals surface area (Å²) >= 11 is 11.1. The maximum atomic E-state index is 10.9. The molecule has 0 fully saturated rings. The molecule has 0 radical (unpaired) electrons. The molecule has 15 heavy (non-hydrogen) atoms. The zero-order valence-electron chi connectivity index (χ0n) is 7.37. The Morgan fingerprint density at radius 2 is 2.13 bits per heavy atom. The van der Waals surface area contributed by atoms with Crippen molar-refractivity contribution in [1.29, 1.82) is 0 Å². The Balaban J connectivity index is 2.86. The van der Waals surface area contributed by atoms with Gasteiger partial charge in [-0.25, -0.2) is 0 Å². The van der Waals surface area contributed by atoms with Crippen LogP contribution in [-0.2, 0) is 0 Å². The predicted molar refractivity (Wildman–Crippen MR) is 58.6 cm³/mol. The molecular formula is C10H5Cl2NO2. The number of aromatic hydroxyl groups is 1. The highest BCUT2D eigenvalue weighted by Crippen LogP contribution is 2.31. The molecule has 1 aromatic carbocycles. The van der Waals surface area contributed by atoms with Crippen LogP contribution in [0.3, 0.4) is 0 Å². The van der Waals surface area contributed by atoms with E-state index in [0.717, 1.165) is 0 Å². The smallest absolute Gasteiger partial charge is 0.257 e. The lowest BCUT2D eigenvalue weighted by molar-refractivity contribution is 0.107. The second-order valence-corrected chi connectivity index (χ2v) is 3.68. The Hall–Kier alpha value is -1.32. The predicted octanol–water partition coefficient (Wildman–Crippen LogP) is 2.97. The van der Waals surface area contributed by atoms with Crippen molar-refractivity contribution < 1.29 is 9.90 Å². The number of halogens is 2. The molecule has 1 N–H and O–H groups in total. The minimum absolute atomic E-state index is 0.0218. The third-order valence-corrected chi connectivity index (χ3v) is 2.54. The molecule has 0 aliphatic rings. The van der Waals surface area contributed by atoms with Crippen molar-refractivity contribution in [2.24, 2.45) is 0 Å². The Kier molecular flexibility index (Phi) is 2.50. The van der Waals surface area contributed by atoms with Crippen molar-refractivity contribution in [2.45, 2.75) is 0 Å². The largest absolute Gasteiger partial charge is 0.506 e. The van der Waals surface area contributed by atoms with Crippen LogP contribution in [0.2, 0.25) is 5.02 Å². The topological polar surface area (TPSA) is 50.2 Å². The monoisotopic (exact) mass is 241 g/mol. The summed E-state index contributed by atoms with van der Waals surface area (Å²) in [7, 11) is 0. The second kappa shape index (κ2) is 3.68. The van der Waals surface area contributed by atoms with Gasteiger partial charge in [0.05, 0.1) is 16.1 Å². The van der Waals surface area contributed by atoms with Crippen LogP contribution < -0.4 is 0 Å². The highest BCUT2D eigenvalue weighted by molar-refractivity contribution is 6.68. The van der Waals surface area contributed by atoms with Gasteiger partial charge in [-0.3, -0.25) is 9.78 Å². The van der Waals surface area contributed by atoms with Crippen molar-refractivity contribution in [3.8, 4) is 5.75 Å². The Labute approximate surface area is 95.3 Å². The van der Waals surface area contributed by atoms with Gasteiger partial charge in [0.1, 0.15) is 5.75 Å². The molecule has 0 atom stereocenters. The van der Waals surface area contributed by atoms with Gasteiger partial charge in [0.25, 0.3) is 5.24 Å². The van der Waals surface area contributed by atoms with Crippen LogP contribution in [0, 0.1) is 0 Å². The maximum absolute atomic E-state index is 10.9. The molecule has 0 aliphatic carbocycles. The molecule has 1 aromatic heterocycles. The first-order chi connectivity index (χ1) is 7.11. The minimum Gasteiger partial charge on any atom is -0.506 e. The van der Waals surface area contributed by atoms with E-state index in [1.54, 1.807) is 18.2 Å². The van der Waals surface area contributed by atoms with Crippen LogP contribution in [0.4, 0.5) is 0 Å². The first-order valence-electron chi connectivity index (χ1n) is 4.07. The second-order valence-electron chi connectivity index (χ2n) is 2.93. The number of hydrogen-bond acceptors (Lipinski definition) is 3. The van der Waals surface area contributed by atoms with Gasteiger partial charge in [-0.05, 0) is 23.7 Å². The van der Waals surface area contributed by atoms with Crippen molar-refractivity contribution in [3.63, 3.8) is 0 Å². The van der Waals surface area contributed by atoms with Gasteiger partial charge in [0.2, 0.25) is 0 Å². The van der Waals surface area contributed by atoms with Gasteiger partial charge in [-0.1, -0.05) is 17.7 Å². The summed E-state index contributed by atoms with van der Waals surface area (Å²) in [5, 5.41) is 9.82. The van der Waals surface area contributed by atoms with Gasteiger partial charge in [-0.2, -0.15) is 0 Å². The first-order valence-corrected chi connectivity index (χ1v) is 4.83. The normalized spacial score (nSPS) is 10.5. The van der Waals surface area contributed by atoms with E-state index in [0.29, 0.717) is 15.9 Å². The molecule has 0 amide bonds. The standard InChI is InChI=1S/C10H5Cl2NO2/c11-7-3-1-2-5-8(7)13-4-6(9(5)14)10(12)15/h1-4H,(H,13,14). The number of para-hydroxylation sites is 1. The van der Waals surface area contributed by atoms with Crippen LogP contribution in [0.1, 0.15) is 10.4 Å². The summed E-state index contributed by atoms with van der Waals surface area (Å²) in [6.45, 7) is 0. The summed E-state index contributed by atoms with van der Waals surface area (Å²) in [4.78, 5) is 14.9. The van der Waals surface area contributed by atoms with Crippen molar-refractivity contribution in [2.75, 3.05) is 0 Å². The number of fused-ring (bicyclic) bond motifs is 1. The highest BCUT2D eigenvalue weighted by atomic mass is 35.5. The van der Waals surface area contributed by atoms with Gasteiger partial charge < -0.3 is 5.11 Å². The van der Waals surface area contributed by atoms with E-state index in [4.69, 9.17) is 23.2 Å². The molecule has 76 valence electrons. The minimum atomic E-state index is -0.748. The van der Waals surface area contributed by atoms with E-state index in [2.05, 4.69) is 4.98 Å². The Bertz CT molecular complexity index is 554. The lowest BCUT2D eigenvalue weighted by Crippen LogP contribution is -1.92. The molecule has 0 spiro atoms. The lowest BCUT2D eigenvalue weighted by atomic mass is 10.1. The molecule has 2 rings (SSSR count). The Morgan fingerprint density at radius 3 is 2.80 bits per heavy atom. The van der Waals surface area contributed by atoms with Crippen LogP contribution in [-0.4, -0.2) is 15.3 Å². The maximum Gasteiger partial charge on any atom is 0.257 e. The average molecular weight is 242 g/mol. The van der Waals surface area contributed by atoms with Crippen LogP contribution in [0.25, 0.3) is 10.9 Å². The van der Waals surface area contributed by atoms with Crippen LogP contribution in [0.15, 0.2) is 24.4 Å². The molecule has 2 aromatic rings. The molecule has 3 nitrogen and oxygen atoms in total. The third kappa shape index (κ3) is 1.64. The van der Waals surface area contributed by atoms with Gasteiger partial charge in [0, 0.05) is 11.6 Å². The number of carbonyl (C=O) groups excluding carboxylic acids is 1. The van der Waals surface area contributed by atoms with E-state index >= 15 is 0 Å². The number of benzene rings is 1. The van der Waals surface area contributed by atoms with E-state index < -0.39 is 5.24 Å². The van der Waals surface area contributed by atoms with E-state index in [1.807, 2.05) is 0 Å². The summed E-state index contributed by atoms with van der Waals surface area (Å²) in [5.41, 5.74) is 0.421. The fourth-order valence-corrected chi connectivity index (χ4v) is 1.68. The Morgan fingerprint density at radius 1 is 1.40 bits per heavy atom. The summed E-state index contributed by atoms with van der Waals surface area (Å²) in [6.07, 6.45) is 1.21. The lowest BCUT2D eigenvalue weighted by Gasteiger charge is -2.04.